The van der Waals surface area contributed by atoms with E-state index >= 15 is 0 Å². The van der Waals surface area contributed by atoms with Crippen molar-refractivity contribution in [3.8, 4) is 0 Å². The van der Waals surface area contributed by atoms with Crippen LogP contribution in [0.2, 0.25) is 0 Å². The fraction of sp³-hybridized carbons (Fsp3) is 0.818. The van der Waals surface area contributed by atoms with Gasteiger partial charge in [0.1, 0.15) is 6.04 Å². The third-order valence-electron chi connectivity index (χ3n) is 3.09. The third-order valence-corrected chi connectivity index (χ3v) is 3.09. The van der Waals surface area contributed by atoms with Crippen molar-refractivity contribution < 1.29 is 14.7 Å². The van der Waals surface area contributed by atoms with Gasteiger partial charge in [-0.2, -0.15) is 0 Å². The van der Waals surface area contributed by atoms with Crippen LogP contribution in [0.15, 0.2) is 0 Å². The molecule has 1 rings (SSSR count). The molecule has 0 bridgehead atoms. The Labute approximate surface area is 101 Å². The number of aliphatic hydroxyl groups is 1. The molecule has 0 aliphatic carbocycles. The smallest absolute Gasteiger partial charge is 0.240 e. The van der Waals surface area contributed by atoms with Crippen molar-refractivity contribution in [3.63, 3.8) is 0 Å². The minimum Gasteiger partial charge on any atom is -0.391 e. The average Bonchev–Trinajstić information content (AvgIpc) is 2.56. The number of carbonyl (C=O) groups excluding carboxylic acids is 2. The van der Waals surface area contributed by atoms with Gasteiger partial charge < -0.3 is 21.5 Å². The second-order valence-corrected chi connectivity index (χ2v) is 5.64. The van der Waals surface area contributed by atoms with E-state index in [1.54, 1.807) is 0 Å². The highest BCUT2D eigenvalue weighted by molar-refractivity contribution is 5.90. The lowest BCUT2D eigenvalue weighted by Gasteiger charge is -2.31. The van der Waals surface area contributed by atoms with Gasteiger partial charge in [0.05, 0.1) is 12.1 Å². The summed E-state index contributed by atoms with van der Waals surface area (Å²) < 4.78 is 0. The maximum Gasteiger partial charge on any atom is 0.240 e. The first-order valence-electron chi connectivity index (χ1n) is 5.68. The Morgan fingerprint density at radius 1 is 1.41 bits per heavy atom. The van der Waals surface area contributed by atoms with Crippen molar-refractivity contribution in [2.45, 2.75) is 45.4 Å². The van der Waals surface area contributed by atoms with Crippen molar-refractivity contribution in [1.82, 2.24) is 4.90 Å². The van der Waals surface area contributed by atoms with Crippen LogP contribution in [-0.2, 0) is 9.59 Å². The minimum atomic E-state index is -0.745. The number of nitrogens with zero attached hydrogens (tertiary/aromatic N) is 1. The molecule has 1 fully saturated rings. The molecule has 17 heavy (non-hydrogen) atoms. The van der Waals surface area contributed by atoms with Crippen LogP contribution in [0.1, 0.15) is 27.2 Å². The number of likely N-dealkylation sites (tertiary alicyclic amines) is 1. The predicted octanol–water partition coefficient (Wildman–Crippen LogP) is -1.19. The van der Waals surface area contributed by atoms with Crippen LogP contribution in [0.25, 0.3) is 0 Å². The van der Waals surface area contributed by atoms with Crippen LogP contribution < -0.4 is 11.5 Å². The van der Waals surface area contributed by atoms with Crippen molar-refractivity contribution in [3.05, 3.63) is 0 Å². The predicted molar refractivity (Wildman–Crippen MR) is 62.7 cm³/mol. The van der Waals surface area contributed by atoms with Gasteiger partial charge in [0.2, 0.25) is 11.8 Å². The molecule has 0 aromatic rings. The van der Waals surface area contributed by atoms with Crippen LogP contribution in [0.4, 0.5) is 0 Å². The largest absolute Gasteiger partial charge is 0.391 e. The highest BCUT2D eigenvalue weighted by Gasteiger charge is 2.41. The van der Waals surface area contributed by atoms with Gasteiger partial charge in [0.15, 0.2) is 0 Å². The lowest BCUT2D eigenvalue weighted by molar-refractivity contribution is -0.140. The van der Waals surface area contributed by atoms with Gasteiger partial charge in [-0.25, -0.2) is 0 Å². The monoisotopic (exact) mass is 243 g/mol. The van der Waals surface area contributed by atoms with Gasteiger partial charge in [0, 0.05) is 13.0 Å². The van der Waals surface area contributed by atoms with Gasteiger partial charge in [-0.05, 0) is 5.41 Å². The lowest BCUT2D eigenvalue weighted by Crippen LogP contribution is -2.54. The fourth-order valence-corrected chi connectivity index (χ4v) is 1.88. The van der Waals surface area contributed by atoms with E-state index in [-0.39, 0.29) is 18.9 Å². The van der Waals surface area contributed by atoms with Gasteiger partial charge >= 0.3 is 0 Å². The number of primary amides is 1. The van der Waals surface area contributed by atoms with Crippen LogP contribution in [0.5, 0.6) is 0 Å². The molecule has 0 aromatic heterocycles. The highest BCUT2D eigenvalue weighted by atomic mass is 16.3. The first-order chi connectivity index (χ1) is 7.64. The molecule has 3 atom stereocenters. The molecular weight excluding hydrogens is 222 g/mol. The summed E-state index contributed by atoms with van der Waals surface area (Å²) in [5, 5.41) is 9.51. The number of amides is 2. The van der Waals surface area contributed by atoms with Crippen LogP contribution >= 0.6 is 0 Å². The van der Waals surface area contributed by atoms with Crippen LogP contribution in [-0.4, -0.2) is 46.6 Å². The van der Waals surface area contributed by atoms with Gasteiger partial charge in [0.25, 0.3) is 0 Å². The minimum absolute atomic E-state index is 0.121. The molecule has 0 saturated carbocycles. The molecule has 1 aliphatic rings. The molecule has 5 N–H and O–H groups in total. The number of aliphatic hydroxyl groups excluding tert-OH is 1. The van der Waals surface area contributed by atoms with Crippen molar-refractivity contribution in [2.75, 3.05) is 6.54 Å². The molecule has 98 valence electrons. The Hall–Kier alpha value is -1.14. The number of hydrogen-bond donors (Lipinski definition) is 3. The first-order valence-corrected chi connectivity index (χ1v) is 5.68. The van der Waals surface area contributed by atoms with Crippen molar-refractivity contribution >= 4 is 11.8 Å². The van der Waals surface area contributed by atoms with E-state index in [2.05, 4.69) is 0 Å². The van der Waals surface area contributed by atoms with Crippen LogP contribution in [0.3, 0.4) is 0 Å². The summed E-state index contributed by atoms with van der Waals surface area (Å²) >= 11 is 0. The molecule has 0 aromatic carbocycles. The Morgan fingerprint density at radius 2 is 1.94 bits per heavy atom. The van der Waals surface area contributed by atoms with E-state index in [1.165, 1.54) is 4.90 Å². The van der Waals surface area contributed by atoms with E-state index in [1.807, 2.05) is 20.8 Å². The number of hydrogen-bond acceptors (Lipinski definition) is 4. The number of carbonyl (C=O) groups is 2. The maximum atomic E-state index is 12.1. The standard InChI is InChI=1S/C11H21N3O3/c1-11(2,3)8(12)10(17)14-5-6(15)4-7(14)9(13)16/h6-8,15H,4-5,12H2,1-3H3,(H2,13,16)/t6-,7?,8-/m1/s1. The second-order valence-electron chi connectivity index (χ2n) is 5.64. The van der Waals surface area contributed by atoms with E-state index in [0.29, 0.717) is 0 Å². The Bertz CT molecular complexity index is 324. The molecule has 1 saturated heterocycles. The van der Waals surface area contributed by atoms with Gasteiger partial charge in [-0.15, -0.1) is 0 Å². The SMILES string of the molecule is CC(C)(C)[C@H](N)C(=O)N1C[C@H](O)CC1C(N)=O. The summed E-state index contributed by atoms with van der Waals surface area (Å²) in [4.78, 5) is 24.6. The van der Waals surface area contributed by atoms with Crippen molar-refractivity contribution in [1.29, 1.82) is 0 Å². The Morgan fingerprint density at radius 3 is 2.35 bits per heavy atom. The molecule has 1 heterocycles. The molecule has 2 amide bonds. The van der Waals surface area contributed by atoms with E-state index in [9.17, 15) is 14.7 Å². The second kappa shape index (κ2) is 4.62. The zero-order valence-electron chi connectivity index (χ0n) is 10.5. The molecule has 6 nitrogen and oxygen atoms in total. The molecular formula is C11H21N3O3. The molecule has 0 radical (unpaired) electrons. The number of rotatable bonds is 2. The quantitative estimate of drug-likeness (QED) is 0.566. The molecule has 1 aliphatic heterocycles. The molecule has 0 spiro atoms. The van der Waals surface area contributed by atoms with E-state index < -0.39 is 29.5 Å². The van der Waals surface area contributed by atoms with Crippen molar-refractivity contribution in [2.24, 2.45) is 16.9 Å². The topological polar surface area (TPSA) is 110 Å². The van der Waals surface area contributed by atoms with Crippen LogP contribution in [0, 0.1) is 5.41 Å². The number of nitrogens with two attached hydrogens (primary N) is 2. The normalized spacial score (nSPS) is 27.0. The molecule has 1 unspecified atom stereocenters. The fourth-order valence-electron chi connectivity index (χ4n) is 1.88. The Balaban J connectivity index is 2.84. The first kappa shape index (κ1) is 13.9. The Kier molecular flexibility index (Phi) is 3.78. The lowest BCUT2D eigenvalue weighted by atomic mass is 9.86. The summed E-state index contributed by atoms with van der Waals surface area (Å²) in [6.07, 6.45) is -0.513. The van der Waals surface area contributed by atoms with Gasteiger partial charge in [-0.3, -0.25) is 9.59 Å². The third kappa shape index (κ3) is 2.95. The zero-order valence-corrected chi connectivity index (χ0v) is 10.5. The maximum absolute atomic E-state index is 12.1. The average molecular weight is 243 g/mol. The summed E-state index contributed by atoms with van der Waals surface area (Å²) in [6, 6.07) is -1.46. The zero-order chi connectivity index (χ0) is 13.4. The highest BCUT2D eigenvalue weighted by Crippen LogP contribution is 2.24. The number of β-amino-alcohol motifs (C(OH)–C–C–N with tert-alkyl or cyclic N) is 1. The molecule has 6 heteroatoms. The summed E-state index contributed by atoms with van der Waals surface area (Å²) in [5.74, 6) is -0.936. The summed E-state index contributed by atoms with van der Waals surface area (Å²) in [6.45, 7) is 5.67. The summed E-state index contributed by atoms with van der Waals surface area (Å²) in [5.41, 5.74) is 10.7. The van der Waals surface area contributed by atoms with E-state index in [0.717, 1.165) is 0 Å². The van der Waals surface area contributed by atoms with E-state index in [4.69, 9.17) is 11.5 Å². The van der Waals surface area contributed by atoms with Gasteiger partial charge in [-0.1, -0.05) is 20.8 Å². The summed E-state index contributed by atoms with van der Waals surface area (Å²) in [7, 11) is 0.